The number of amides is 1. The topological polar surface area (TPSA) is 92.5 Å². The highest BCUT2D eigenvalue weighted by Crippen LogP contribution is 2.36. The third-order valence-corrected chi connectivity index (χ3v) is 5.02. The van der Waals surface area contributed by atoms with E-state index in [9.17, 15) is 26.4 Å². The van der Waals surface area contributed by atoms with Crippen molar-refractivity contribution in [1.29, 1.82) is 0 Å². The van der Waals surface area contributed by atoms with E-state index in [1.165, 1.54) is 6.07 Å². The van der Waals surface area contributed by atoms with Crippen molar-refractivity contribution in [2.24, 2.45) is 5.14 Å². The van der Waals surface area contributed by atoms with Gasteiger partial charge >= 0.3 is 6.18 Å². The SMILES string of the molecule is CCC(=O)NC1CCCN(c2ccc(S(N)(=O)=O)c(C(F)(F)F)c2)C1. The Hall–Kier alpha value is -1.81. The van der Waals surface area contributed by atoms with Crippen LogP contribution in [0.1, 0.15) is 31.7 Å². The molecule has 1 unspecified atom stereocenters. The van der Waals surface area contributed by atoms with Crippen LogP contribution < -0.4 is 15.4 Å². The number of halogens is 3. The molecule has 25 heavy (non-hydrogen) atoms. The van der Waals surface area contributed by atoms with Crippen LogP contribution in [0, 0.1) is 0 Å². The van der Waals surface area contributed by atoms with E-state index in [4.69, 9.17) is 5.14 Å². The number of carbonyl (C=O) groups is 1. The average molecular weight is 379 g/mol. The number of benzene rings is 1. The van der Waals surface area contributed by atoms with Crippen molar-refractivity contribution in [2.45, 2.75) is 43.3 Å². The van der Waals surface area contributed by atoms with E-state index in [0.29, 0.717) is 25.9 Å². The van der Waals surface area contributed by atoms with Crippen molar-refractivity contribution < 1.29 is 26.4 Å². The lowest BCUT2D eigenvalue weighted by molar-refractivity contribution is -0.139. The number of hydrogen-bond donors (Lipinski definition) is 2. The van der Waals surface area contributed by atoms with Gasteiger partial charge in [0.05, 0.1) is 10.5 Å². The summed E-state index contributed by atoms with van der Waals surface area (Å²) in [5.74, 6) is -0.118. The number of carbonyl (C=O) groups excluding carboxylic acids is 1. The van der Waals surface area contributed by atoms with Crippen LogP contribution in [0.2, 0.25) is 0 Å². The van der Waals surface area contributed by atoms with Crippen molar-refractivity contribution in [3.63, 3.8) is 0 Å². The number of nitrogens with one attached hydrogen (secondary N) is 1. The van der Waals surface area contributed by atoms with Gasteiger partial charge in [-0.1, -0.05) is 6.92 Å². The molecule has 2 rings (SSSR count). The van der Waals surface area contributed by atoms with Crippen LogP contribution >= 0.6 is 0 Å². The lowest BCUT2D eigenvalue weighted by atomic mass is 10.0. The van der Waals surface area contributed by atoms with Gasteiger partial charge in [0, 0.05) is 31.2 Å². The maximum absolute atomic E-state index is 13.2. The van der Waals surface area contributed by atoms with Crippen LogP contribution in [0.4, 0.5) is 18.9 Å². The largest absolute Gasteiger partial charge is 0.417 e. The molecule has 0 aromatic heterocycles. The number of primary sulfonamides is 1. The second-order valence-electron chi connectivity index (χ2n) is 5.93. The lowest BCUT2D eigenvalue weighted by Crippen LogP contribution is -2.47. The summed E-state index contributed by atoms with van der Waals surface area (Å²) in [5, 5.41) is 7.72. The van der Waals surface area contributed by atoms with Gasteiger partial charge in [0.1, 0.15) is 0 Å². The fourth-order valence-electron chi connectivity index (χ4n) is 2.84. The van der Waals surface area contributed by atoms with E-state index in [0.717, 1.165) is 18.6 Å². The van der Waals surface area contributed by atoms with Crippen LogP contribution in [0.5, 0.6) is 0 Å². The minimum atomic E-state index is -4.84. The molecule has 1 saturated heterocycles. The van der Waals surface area contributed by atoms with E-state index in [-0.39, 0.29) is 17.6 Å². The van der Waals surface area contributed by atoms with Crippen LogP contribution in [-0.4, -0.2) is 33.5 Å². The summed E-state index contributed by atoms with van der Waals surface area (Å²) in [6.07, 6.45) is -3.07. The van der Waals surface area contributed by atoms with Gasteiger partial charge in [-0.15, -0.1) is 0 Å². The summed E-state index contributed by atoms with van der Waals surface area (Å²) >= 11 is 0. The summed E-state index contributed by atoms with van der Waals surface area (Å²) in [7, 11) is -4.49. The molecular formula is C15H20F3N3O3S. The number of hydrogen-bond acceptors (Lipinski definition) is 4. The van der Waals surface area contributed by atoms with E-state index in [1.54, 1.807) is 11.8 Å². The predicted octanol–water partition coefficient (Wildman–Crippen LogP) is 1.85. The monoisotopic (exact) mass is 379 g/mol. The Morgan fingerprint density at radius 2 is 2.08 bits per heavy atom. The first-order valence-electron chi connectivity index (χ1n) is 7.80. The first-order valence-corrected chi connectivity index (χ1v) is 9.35. The molecule has 0 bridgehead atoms. The Bertz CT molecular complexity index is 750. The minimum absolute atomic E-state index is 0.118. The summed E-state index contributed by atoms with van der Waals surface area (Å²) in [4.78, 5) is 12.3. The summed E-state index contributed by atoms with van der Waals surface area (Å²) in [6.45, 7) is 2.60. The third-order valence-electron chi connectivity index (χ3n) is 4.05. The molecule has 0 aliphatic carbocycles. The van der Waals surface area contributed by atoms with Crippen LogP contribution in [0.25, 0.3) is 0 Å². The number of piperidine rings is 1. The van der Waals surface area contributed by atoms with Gasteiger partial charge in [0.25, 0.3) is 0 Å². The number of sulfonamides is 1. The summed E-state index contributed by atoms with van der Waals surface area (Å²) in [5.41, 5.74) is -1.04. The second-order valence-corrected chi connectivity index (χ2v) is 7.46. The second kappa shape index (κ2) is 7.20. The normalized spacial score (nSPS) is 18.9. The van der Waals surface area contributed by atoms with Gasteiger partial charge in [0.2, 0.25) is 15.9 Å². The number of nitrogens with two attached hydrogens (primary N) is 1. The maximum Gasteiger partial charge on any atom is 0.417 e. The first kappa shape index (κ1) is 19.5. The standard InChI is InChI=1S/C15H20F3N3O3S/c1-2-14(22)20-10-4-3-7-21(9-10)11-5-6-13(25(19,23)24)12(8-11)15(16,17)18/h5-6,8,10H,2-4,7,9H2,1H3,(H,20,22)(H2,19,23,24). The van der Waals surface area contributed by atoms with Crippen LogP contribution in [0.15, 0.2) is 23.1 Å². The Balaban J connectivity index is 2.32. The molecule has 6 nitrogen and oxygen atoms in total. The third kappa shape index (κ3) is 4.85. The molecule has 1 heterocycles. The Morgan fingerprint density at radius 3 is 2.64 bits per heavy atom. The summed E-state index contributed by atoms with van der Waals surface area (Å²) in [6, 6.07) is 2.82. The van der Waals surface area contributed by atoms with Gasteiger partial charge in [-0.3, -0.25) is 4.79 Å². The van der Waals surface area contributed by atoms with Crippen LogP contribution in [0.3, 0.4) is 0 Å². The van der Waals surface area contributed by atoms with Gasteiger partial charge in [-0.05, 0) is 31.0 Å². The number of nitrogens with zero attached hydrogens (tertiary/aromatic N) is 1. The summed E-state index contributed by atoms with van der Waals surface area (Å²) < 4.78 is 62.5. The molecule has 3 N–H and O–H groups in total. The zero-order valence-electron chi connectivity index (χ0n) is 13.6. The number of anilines is 1. The quantitative estimate of drug-likeness (QED) is 0.835. The molecule has 0 spiro atoms. The van der Waals surface area contributed by atoms with E-state index in [2.05, 4.69) is 5.32 Å². The van der Waals surface area contributed by atoms with Gasteiger partial charge in [-0.2, -0.15) is 13.2 Å². The molecule has 1 aromatic rings. The highest BCUT2D eigenvalue weighted by molar-refractivity contribution is 7.89. The van der Waals surface area contributed by atoms with E-state index < -0.39 is 26.7 Å². The zero-order valence-corrected chi connectivity index (χ0v) is 14.5. The lowest BCUT2D eigenvalue weighted by Gasteiger charge is -2.35. The van der Waals surface area contributed by atoms with Gasteiger partial charge in [0.15, 0.2) is 0 Å². The van der Waals surface area contributed by atoms with Crippen molar-refractivity contribution >= 4 is 21.6 Å². The smallest absolute Gasteiger partial charge is 0.369 e. The molecule has 140 valence electrons. The molecule has 0 radical (unpaired) electrons. The molecule has 1 fully saturated rings. The molecule has 0 saturated carbocycles. The Labute approximate surface area is 144 Å². The van der Waals surface area contributed by atoms with Crippen LogP contribution in [-0.2, 0) is 21.0 Å². The maximum atomic E-state index is 13.2. The van der Waals surface area contributed by atoms with Crippen molar-refractivity contribution in [3.05, 3.63) is 23.8 Å². The number of rotatable bonds is 4. The fraction of sp³-hybridized carbons (Fsp3) is 0.533. The van der Waals surface area contributed by atoms with Gasteiger partial charge in [-0.25, -0.2) is 13.6 Å². The zero-order chi connectivity index (χ0) is 18.8. The molecule has 1 aliphatic rings. The van der Waals surface area contributed by atoms with E-state index >= 15 is 0 Å². The molecule has 1 atom stereocenters. The predicted molar refractivity (Wildman–Crippen MR) is 86.5 cm³/mol. The van der Waals surface area contributed by atoms with Crippen molar-refractivity contribution in [2.75, 3.05) is 18.0 Å². The molecule has 1 aliphatic heterocycles. The Morgan fingerprint density at radius 1 is 1.40 bits per heavy atom. The molecule has 1 aromatic carbocycles. The van der Waals surface area contributed by atoms with Gasteiger partial charge < -0.3 is 10.2 Å². The highest BCUT2D eigenvalue weighted by atomic mass is 32.2. The van der Waals surface area contributed by atoms with Crippen molar-refractivity contribution in [1.82, 2.24) is 5.32 Å². The molecule has 1 amide bonds. The van der Waals surface area contributed by atoms with Crippen molar-refractivity contribution in [3.8, 4) is 0 Å². The first-order chi connectivity index (χ1) is 11.5. The molecule has 10 heteroatoms. The minimum Gasteiger partial charge on any atom is -0.369 e. The fourth-order valence-corrected chi connectivity index (χ4v) is 3.58. The average Bonchev–Trinajstić information content (AvgIpc) is 2.52. The number of alkyl halides is 3. The molecular weight excluding hydrogens is 359 g/mol. The van der Waals surface area contributed by atoms with E-state index in [1.807, 2.05) is 0 Å². The Kier molecular flexibility index (Phi) is 5.62. The highest BCUT2D eigenvalue weighted by Gasteiger charge is 2.37.